The molecule has 1 heterocycles. The number of hydrogen-bond donors (Lipinski definition) is 2. The number of benzene rings is 1. The van der Waals surface area contributed by atoms with Crippen LogP contribution in [0, 0.1) is 5.82 Å². The minimum Gasteiger partial charge on any atom is -0.273 e. The van der Waals surface area contributed by atoms with Crippen LogP contribution in [0.4, 0.5) is 4.39 Å². The molecule has 0 amide bonds. The molecular weight excluding hydrogens is 267 g/mol. The van der Waals surface area contributed by atoms with Gasteiger partial charge in [0.05, 0.1) is 17.3 Å². The molecule has 0 radical (unpaired) electrons. The fraction of sp³-hybridized carbons (Fsp3) is 0.308. The third-order valence-corrected chi connectivity index (χ3v) is 3.29. The van der Waals surface area contributed by atoms with Crippen molar-refractivity contribution in [2.75, 3.05) is 0 Å². The maximum atomic E-state index is 13.1. The molecule has 1 unspecified atom stereocenters. The number of hydrogen-bond acceptors (Lipinski definition) is 3. The molecule has 2 aromatic rings. The lowest BCUT2D eigenvalue weighted by molar-refractivity contribution is 0.549. The van der Waals surface area contributed by atoms with E-state index < -0.39 is 5.82 Å². The second-order valence-electron chi connectivity index (χ2n) is 4.30. The molecule has 0 bridgehead atoms. The third-order valence-electron chi connectivity index (χ3n) is 3.00. The van der Waals surface area contributed by atoms with Gasteiger partial charge in [-0.2, -0.15) is 5.10 Å². The van der Waals surface area contributed by atoms with E-state index in [4.69, 9.17) is 17.4 Å². The lowest BCUT2D eigenvalue weighted by atomic mass is 10.0. The molecule has 1 aromatic carbocycles. The molecular formula is C13H16ClFN4. The zero-order chi connectivity index (χ0) is 13.8. The van der Waals surface area contributed by atoms with Crippen molar-refractivity contribution in [3.05, 3.63) is 52.6 Å². The summed E-state index contributed by atoms with van der Waals surface area (Å²) < 4.78 is 15.0. The molecule has 19 heavy (non-hydrogen) atoms. The van der Waals surface area contributed by atoms with Crippen LogP contribution in [0.25, 0.3) is 0 Å². The zero-order valence-corrected chi connectivity index (χ0v) is 11.4. The Morgan fingerprint density at radius 2 is 2.32 bits per heavy atom. The van der Waals surface area contributed by atoms with Crippen LogP contribution in [-0.2, 0) is 13.0 Å². The number of nitrogens with two attached hydrogens (primary N) is 1. The summed E-state index contributed by atoms with van der Waals surface area (Å²) in [6.45, 7) is 2.85. The Hall–Kier alpha value is -1.43. The first-order valence-corrected chi connectivity index (χ1v) is 6.44. The quantitative estimate of drug-likeness (QED) is 0.654. The summed E-state index contributed by atoms with van der Waals surface area (Å²) in [5.74, 6) is 5.14. The predicted octanol–water partition coefficient (Wildman–Crippen LogP) is 2.44. The van der Waals surface area contributed by atoms with Crippen LogP contribution in [0.2, 0.25) is 5.02 Å². The van der Waals surface area contributed by atoms with Gasteiger partial charge in [-0.3, -0.25) is 16.0 Å². The van der Waals surface area contributed by atoms with Crippen LogP contribution in [0.1, 0.15) is 24.1 Å². The Balaban J connectivity index is 2.17. The van der Waals surface area contributed by atoms with Crippen molar-refractivity contribution in [1.29, 1.82) is 0 Å². The lowest BCUT2D eigenvalue weighted by Gasteiger charge is -2.15. The summed E-state index contributed by atoms with van der Waals surface area (Å²) in [4.78, 5) is 0. The van der Waals surface area contributed by atoms with Crippen molar-refractivity contribution >= 4 is 11.6 Å². The Bertz CT molecular complexity index is 555. The molecule has 0 aliphatic rings. The number of aryl methyl sites for hydroxylation is 1. The van der Waals surface area contributed by atoms with Crippen molar-refractivity contribution in [3.8, 4) is 0 Å². The van der Waals surface area contributed by atoms with Gasteiger partial charge in [0.15, 0.2) is 0 Å². The summed E-state index contributed by atoms with van der Waals surface area (Å²) in [6.07, 6.45) is 4.44. The van der Waals surface area contributed by atoms with E-state index in [1.807, 2.05) is 17.8 Å². The summed E-state index contributed by atoms with van der Waals surface area (Å²) in [5.41, 5.74) is 4.63. The van der Waals surface area contributed by atoms with Gasteiger partial charge in [0.25, 0.3) is 0 Å². The highest BCUT2D eigenvalue weighted by molar-refractivity contribution is 6.30. The summed E-state index contributed by atoms with van der Waals surface area (Å²) in [6, 6.07) is 4.48. The Morgan fingerprint density at radius 1 is 1.53 bits per heavy atom. The lowest BCUT2D eigenvalue weighted by Crippen LogP contribution is -2.29. The Labute approximate surface area is 116 Å². The highest BCUT2D eigenvalue weighted by Gasteiger charge is 2.13. The number of rotatable bonds is 5. The molecule has 0 saturated carbocycles. The molecule has 102 valence electrons. The molecule has 0 fully saturated rings. The maximum absolute atomic E-state index is 13.1. The highest BCUT2D eigenvalue weighted by Crippen LogP contribution is 2.23. The van der Waals surface area contributed by atoms with E-state index in [9.17, 15) is 4.39 Å². The van der Waals surface area contributed by atoms with Gasteiger partial charge in [-0.1, -0.05) is 17.7 Å². The van der Waals surface area contributed by atoms with Crippen LogP contribution < -0.4 is 11.3 Å². The third kappa shape index (κ3) is 3.32. The molecule has 0 saturated heterocycles. The van der Waals surface area contributed by atoms with Crippen molar-refractivity contribution in [2.24, 2.45) is 5.84 Å². The predicted molar refractivity (Wildman–Crippen MR) is 73.1 cm³/mol. The van der Waals surface area contributed by atoms with Crippen LogP contribution in [-0.4, -0.2) is 9.78 Å². The minimum absolute atomic E-state index is 0.0991. The molecule has 6 heteroatoms. The van der Waals surface area contributed by atoms with E-state index in [0.717, 1.165) is 17.7 Å². The van der Waals surface area contributed by atoms with Crippen LogP contribution in [0.15, 0.2) is 30.6 Å². The van der Waals surface area contributed by atoms with Crippen LogP contribution >= 0.6 is 11.6 Å². The van der Waals surface area contributed by atoms with Gasteiger partial charge in [-0.15, -0.1) is 0 Å². The van der Waals surface area contributed by atoms with Crippen molar-refractivity contribution in [1.82, 2.24) is 15.2 Å². The minimum atomic E-state index is -0.431. The van der Waals surface area contributed by atoms with Gasteiger partial charge >= 0.3 is 0 Å². The summed E-state index contributed by atoms with van der Waals surface area (Å²) >= 11 is 5.78. The van der Waals surface area contributed by atoms with E-state index in [-0.39, 0.29) is 11.1 Å². The van der Waals surface area contributed by atoms with E-state index in [1.54, 1.807) is 18.3 Å². The number of aromatic nitrogens is 2. The standard InChI is InChI=1S/C13H16ClFN4/c1-2-19-8-9(7-17-19)5-13(18-16)10-3-4-12(15)11(14)6-10/h3-4,6-8,13,18H,2,5,16H2,1H3. The van der Waals surface area contributed by atoms with Crippen LogP contribution in [0.3, 0.4) is 0 Å². The summed E-state index contributed by atoms with van der Waals surface area (Å²) in [7, 11) is 0. The first-order chi connectivity index (χ1) is 9.13. The van der Waals surface area contributed by atoms with E-state index in [1.165, 1.54) is 6.07 Å². The monoisotopic (exact) mass is 282 g/mol. The van der Waals surface area contributed by atoms with Crippen molar-refractivity contribution in [2.45, 2.75) is 25.9 Å². The molecule has 4 nitrogen and oxygen atoms in total. The second-order valence-corrected chi connectivity index (χ2v) is 4.71. The van der Waals surface area contributed by atoms with Crippen molar-refractivity contribution in [3.63, 3.8) is 0 Å². The maximum Gasteiger partial charge on any atom is 0.141 e. The molecule has 3 N–H and O–H groups in total. The average molecular weight is 283 g/mol. The summed E-state index contributed by atoms with van der Waals surface area (Å²) in [5, 5.41) is 4.31. The fourth-order valence-electron chi connectivity index (χ4n) is 1.92. The zero-order valence-electron chi connectivity index (χ0n) is 10.6. The normalized spacial score (nSPS) is 12.6. The van der Waals surface area contributed by atoms with Gasteiger partial charge in [0.1, 0.15) is 5.82 Å². The van der Waals surface area contributed by atoms with Crippen molar-refractivity contribution < 1.29 is 4.39 Å². The van der Waals surface area contributed by atoms with Gasteiger partial charge < -0.3 is 0 Å². The van der Waals surface area contributed by atoms with E-state index >= 15 is 0 Å². The first kappa shape index (κ1) is 14.0. The number of halogens is 2. The molecule has 1 atom stereocenters. The van der Waals surface area contributed by atoms with Gasteiger partial charge in [0.2, 0.25) is 0 Å². The second kappa shape index (κ2) is 6.14. The van der Waals surface area contributed by atoms with Crippen LogP contribution in [0.5, 0.6) is 0 Å². The first-order valence-electron chi connectivity index (χ1n) is 6.06. The molecule has 0 aliphatic carbocycles. The number of nitrogens with one attached hydrogen (secondary N) is 1. The van der Waals surface area contributed by atoms with Gasteiger partial charge in [-0.05, 0) is 36.6 Å². The number of nitrogens with zero attached hydrogens (tertiary/aromatic N) is 2. The molecule has 1 aromatic heterocycles. The topological polar surface area (TPSA) is 55.9 Å². The Kier molecular flexibility index (Phi) is 4.52. The molecule has 0 spiro atoms. The smallest absolute Gasteiger partial charge is 0.141 e. The molecule has 0 aliphatic heterocycles. The van der Waals surface area contributed by atoms with Gasteiger partial charge in [-0.25, -0.2) is 4.39 Å². The fourth-order valence-corrected chi connectivity index (χ4v) is 2.11. The Morgan fingerprint density at radius 3 is 2.89 bits per heavy atom. The SMILES string of the molecule is CCn1cc(CC(NN)c2ccc(F)c(Cl)c2)cn1. The largest absolute Gasteiger partial charge is 0.273 e. The number of hydrazine groups is 1. The highest BCUT2D eigenvalue weighted by atomic mass is 35.5. The van der Waals surface area contributed by atoms with E-state index in [0.29, 0.717) is 6.42 Å². The van der Waals surface area contributed by atoms with E-state index in [2.05, 4.69) is 10.5 Å². The molecule has 2 rings (SSSR count). The average Bonchev–Trinajstić information content (AvgIpc) is 2.87. The van der Waals surface area contributed by atoms with Gasteiger partial charge in [0, 0.05) is 12.7 Å².